The van der Waals surface area contributed by atoms with E-state index in [1.165, 1.54) is 0 Å². The van der Waals surface area contributed by atoms with Gasteiger partial charge in [-0.25, -0.2) is 4.98 Å². The lowest BCUT2D eigenvalue weighted by molar-refractivity contribution is 1.41. The molecule has 0 atom stereocenters. The van der Waals surface area contributed by atoms with Gasteiger partial charge in [0.15, 0.2) is 0 Å². The number of nitrogens with zero attached hydrogens (tertiary/aromatic N) is 1. The highest BCUT2D eigenvalue weighted by Crippen LogP contribution is 2.29. The molecule has 0 saturated carbocycles. The van der Waals surface area contributed by atoms with Crippen molar-refractivity contribution in [3.63, 3.8) is 0 Å². The van der Waals surface area contributed by atoms with Gasteiger partial charge in [-0.15, -0.1) is 11.3 Å². The number of halogens is 1. The van der Waals surface area contributed by atoms with Gasteiger partial charge >= 0.3 is 0 Å². The summed E-state index contributed by atoms with van der Waals surface area (Å²) in [6.45, 7) is 0. The second kappa shape index (κ2) is 3.47. The molecule has 1 heterocycles. The standard InChI is InChI=1S/C9H7BrN2S/c10-6-1-2-7(8(11)5-6)9-12-3-4-13-9/h1-5H,11H2. The summed E-state index contributed by atoms with van der Waals surface area (Å²) in [7, 11) is 0. The molecule has 66 valence electrons. The summed E-state index contributed by atoms with van der Waals surface area (Å²) in [6.07, 6.45) is 1.78. The summed E-state index contributed by atoms with van der Waals surface area (Å²) in [5.41, 5.74) is 7.60. The SMILES string of the molecule is Nc1cc(Br)ccc1-c1nccs1. The van der Waals surface area contributed by atoms with Gasteiger partial charge in [0, 0.05) is 27.3 Å². The monoisotopic (exact) mass is 254 g/mol. The molecule has 0 bridgehead atoms. The summed E-state index contributed by atoms with van der Waals surface area (Å²) in [5, 5.41) is 2.90. The van der Waals surface area contributed by atoms with Crippen LogP contribution >= 0.6 is 27.3 Å². The van der Waals surface area contributed by atoms with Gasteiger partial charge in [0.05, 0.1) is 0 Å². The molecule has 1 aromatic carbocycles. The Kier molecular flexibility index (Phi) is 2.33. The van der Waals surface area contributed by atoms with E-state index in [-0.39, 0.29) is 0 Å². The van der Waals surface area contributed by atoms with Crippen LogP contribution in [0.4, 0.5) is 5.69 Å². The van der Waals surface area contributed by atoms with Gasteiger partial charge in [-0.3, -0.25) is 0 Å². The third kappa shape index (κ3) is 1.73. The molecule has 4 heteroatoms. The molecule has 13 heavy (non-hydrogen) atoms. The molecule has 2 N–H and O–H groups in total. The fourth-order valence-corrected chi connectivity index (χ4v) is 2.15. The fourth-order valence-electron chi connectivity index (χ4n) is 1.08. The average molecular weight is 255 g/mol. The maximum Gasteiger partial charge on any atom is 0.125 e. The van der Waals surface area contributed by atoms with Gasteiger partial charge in [-0.05, 0) is 18.2 Å². The van der Waals surface area contributed by atoms with E-state index in [0.29, 0.717) is 0 Å². The van der Waals surface area contributed by atoms with Gasteiger partial charge < -0.3 is 5.73 Å². The van der Waals surface area contributed by atoms with Crippen LogP contribution in [0.2, 0.25) is 0 Å². The van der Waals surface area contributed by atoms with Crippen molar-refractivity contribution in [3.8, 4) is 10.6 Å². The Balaban J connectivity index is 2.53. The molecular weight excluding hydrogens is 248 g/mol. The Bertz CT molecular complexity index is 412. The number of nitrogen functional groups attached to an aromatic ring is 1. The first-order valence-corrected chi connectivity index (χ1v) is 5.39. The van der Waals surface area contributed by atoms with Crippen molar-refractivity contribution in [1.82, 2.24) is 4.98 Å². The van der Waals surface area contributed by atoms with E-state index in [1.54, 1.807) is 17.5 Å². The summed E-state index contributed by atoms with van der Waals surface area (Å²) in [5.74, 6) is 0. The molecule has 0 unspecified atom stereocenters. The van der Waals surface area contributed by atoms with Crippen LogP contribution in [-0.4, -0.2) is 4.98 Å². The van der Waals surface area contributed by atoms with Gasteiger partial charge in [-0.1, -0.05) is 15.9 Å². The van der Waals surface area contributed by atoms with E-state index in [1.807, 2.05) is 23.6 Å². The van der Waals surface area contributed by atoms with Crippen molar-refractivity contribution in [2.75, 3.05) is 5.73 Å². The number of benzene rings is 1. The predicted octanol–water partition coefficient (Wildman–Crippen LogP) is 3.15. The first kappa shape index (κ1) is 8.72. The van der Waals surface area contributed by atoms with Crippen molar-refractivity contribution >= 4 is 33.0 Å². The third-order valence-electron chi connectivity index (χ3n) is 1.68. The molecule has 0 aliphatic heterocycles. The molecule has 2 aromatic rings. The Morgan fingerprint density at radius 2 is 2.23 bits per heavy atom. The van der Waals surface area contributed by atoms with Crippen LogP contribution in [-0.2, 0) is 0 Å². The minimum Gasteiger partial charge on any atom is -0.398 e. The van der Waals surface area contributed by atoms with E-state index in [0.717, 1.165) is 20.7 Å². The molecule has 0 aliphatic carbocycles. The van der Waals surface area contributed by atoms with E-state index in [2.05, 4.69) is 20.9 Å². The Morgan fingerprint density at radius 1 is 1.38 bits per heavy atom. The maximum absolute atomic E-state index is 5.85. The minimum atomic E-state index is 0.754. The molecule has 0 saturated heterocycles. The molecule has 2 nitrogen and oxygen atoms in total. The molecule has 1 aromatic heterocycles. The highest BCUT2D eigenvalue weighted by atomic mass is 79.9. The van der Waals surface area contributed by atoms with Crippen molar-refractivity contribution in [2.24, 2.45) is 0 Å². The number of anilines is 1. The van der Waals surface area contributed by atoms with Crippen LogP contribution < -0.4 is 5.73 Å². The normalized spacial score (nSPS) is 10.2. The van der Waals surface area contributed by atoms with Gasteiger partial charge in [-0.2, -0.15) is 0 Å². The van der Waals surface area contributed by atoms with Crippen LogP contribution in [0.15, 0.2) is 34.2 Å². The molecule has 0 radical (unpaired) electrons. The molecule has 2 rings (SSSR count). The first-order valence-electron chi connectivity index (χ1n) is 3.72. The summed E-state index contributed by atoms with van der Waals surface area (Å²) in [4.78, 5) is 4.20. The van der Waals surface area contributed by atoms with Crippen molar-refractivity contribution in [2.45, 2.75) is 0 Å². The number of hydrogen-bond donors (Lipinski definition) is 1. The zero-order valence-electron chi connectivity index (χ0n) is 6.70. The van der Waals surface area contributed by atoms with Crippen LogP contribution in [0.1, 0.15) is 0 Å². The van der Waals surface area contributed by atoms with Crippen molar-refractivity contribution < 1.29 is 0 Å². The average Bonchev–Trinajstić information content (AvgIpc) is 2.56. The summed E-state index contributed by atoms with van der Waals surface area (Å²) < 4.78 is 0.991. The smallest absolute Gasteiger partial charge is 0.125 e. The Labute approximate surface area is 88.6 Å². The molecule has 0 spiro atoms. The van der Waals surface area contributed by atoms with Crippen molar-refractivity contribution in [1.29, 1.82) is 0 Å². The minimum absolute atomic E-state index is 0.754. The van der Waals surface area contributed by atoms with Crippen molar-refractivity contribution in [3.05, 3.63) is 34.2 Å². The first-order chi connectivity index (χ1) is 6.27. The lowest BCUT2D eigenvalue weighted by Gasteiger charge is -2.01. The molecule has 0 amide bonds. The second-order valence-electron chi connectivity index (χ2n) is 2.57. The quantitative estimate of drug-likeness (QED) is 0.795. The maximum atomic E-state index is 5.85. The fraction of sp³-hybridized carbons (Fsp3) is 0. The zero-order chi connectivity index (χ0) is 9.26. The second-order valence-corrected chi connectivity index (χ2v) is 4.38. The zero-order valence-corrected chi connectivity index (χ0v) is 9.10. The van der Waals surface area contributed by atoms with Crippen LogP contribution in [0.3, 0.4) is 0 Å². The van der Waals surface area contributed by atoms with Crippen LogP contribution in [0, 0.1) is 0 Å². The van der Waals surface area contributed by atoms with Crippen LogP contribution in [0.5, 0.6) is 0 Å². The molecule has 0 aliphatic rings. The highest BCUT2D eigenvalue weighted by Gasteiger charge is 2.04. The largest absolute Gasteiger partial charge is 0.398 e. The van der Waals surface area contributed by atoms with Gasteiger partial charge in [0.25, 0.3) is 0 Å². The number of nitrogens with two attached hydrogens (primary N) is 1. The number of thiazole rings is 1. The lowest BCUT2D eigenvalue weighted by atomic mass is 10.2. The van der Waals surface area contributed by atoms with E-state index in [4.69, 9.17) is 5.73 Å². The highest BCUT2D eigenvalue weighted by molar-refractivity contribution is 9.10. The Hall–Kier alpha value is -0.870. The van der Waals surface area contributed by atoms with E-state index >= 15 is 0 Å². The number of hydrogen-bond acceptors (Lipinski definition) is 3. The topological polar surface area (TPSA) is 38.9 Å². The van der Waals surface area contributed by atoms with Gasteiger partial charge in [0.2, 0.25) is 0 Å². The molecule has 0 fully saturated rings. The summed E-state index contributed by atoms with van der Waals surface area (Å²) >= 11 is 4.95. The number of aromatic nitrogens is 1. The summed E-state index contributed by atoms with van der Waals surface area (Å²) in [6, 6.07) is 5.82. The Morgan fingerprint density at radius 3 is 2.85 bits per heavy atom. The molecular formula is C9H7BrN2S. The van der Waals surface area contributed by atoms with Gasteiger partial charge in [0.1, 0.15) is 5.01 Å². The third-order valence-corrected chi connectivity index (χ3v) is 2.98. The van der Waals surface area contributed by atoms with E-state index in [9.17, 15) is 0 Å². The van der Waals surface area contributed by atoms with Crippen LogP contribution in [0.25, 0.3) is 10.6 Å². The van der Waals surface area contributed by atoms with E-state index < -0.39 is 0 Å². The lowest BCUT2D eigenvalue weighted by Crippen LogP contribution is -1.88. The number of rotatable bonds is 1. The predicted molar refractivity (Wildman–Crippen MR) is 59.7 cm³/mol.